The van der Waals surface area contributed by atoms with Crippen LogP contribution in [0.1, 0.15) is 22.3 Å². The van der Waals surface area contributed by atoms with Crippen molar-refractivity contribution in [3.63, 3.8) is 0 Å². The van der Waals surface area contributed by atoms with Crippen LogP contribution in [0.15, 0.2) is 146 Å². The third-order valence-corrected chi connectivity index (χ3v) is 8.66. The van der Waals surface area contributed by atoms with E-state index in [-0.39, 0.29) is 26.4 Å². The Morgan fingerprint density at radius 2 is 1.04 bits per heavy atom. The topological polar surface area (TPSA) is 87.6 Å². The van der Waals surface area contributed by atoms with E-state index < -0.39 is 30.2 Å². The van der Waals surface area contributed by atoms with Gasteiger partial charge in [-0.25, -0.2) is 0 Å². The normalized spacial score (nSPS) is 21.8. The Labute approximate surface area is 294 Å². The van der Waals surface area contributed by atoms with Gasteiger partial charge in [0.25, 0.3) is 0 Å². The van der Waals surface area contributed by atoms with Gasteiger partial charge in [-0.3, -0.25) is 0 Å². The minimum atomic E-state index is -1.84. The molecule has 5 aromatic carbocycles. The highest BCUT2D eigenvalue weighted by atomic mass is 16.7. The molecule has 1 heterocycles. The lowest BCUT2D eigenvalue weighted by atomic mass is 9.91. The summed E-state index contributed by atoms with van der Waals surface area (Å²) < 4.78 is 38.3. The molecule has 2 N–H and O–H groups in total. The standard InChI is InChI=1S/C42H45NO7/c1-45-37-24-22-36(23-25-37)43-31-42(44)41(49-29-35-20-12-5-13-21-35)40(48-28-34-18-10-4-11-19-34)39(47-27-33-16-8-3-9-17-33)38(50-42)30-46-26-32-14-6-2-7-15-32/h2-25,38-41,43-44H,26-31H2,1H3/t38-,39-,40+,41-,42+/m1/s1. The van der Waals surface area contributed by atoms with Crippen molar-refractivity contribution in [2.75, 3.05) is 25.6 Å². The molecule has 0 spiro atoms. The van der Waals surface area contributed by atoms with Crippen LogP contribution in [0, 0.1) is 0 Å². The molecule has 0 bridgehead atoms. The molecule has 5 aromatic rings. The lowest BCUT2D eigenvalue weighted by Gasteiger charge is -2.50. The first-order valence-corrected chi connectivity index (χ1v) is 17.0. The molecule has 1 aliphatic rings. The Balaban J connectivity index is 1.33. The first-order chi connectivity index (χ1) is 24.6. The molecule has 6 rings (SSSR count). The predicted molar refractivity (Wildman–Crippen MR) is 192 cm³/mol. The highest BCUT2D eigenvalue weighted by Crippen LogP contribution is 2.36. The third-order valence-electron chi connectivity index (χ3n) is 8.66. The SMILES string of the molecule is COc1ccc(NC[C@]2(O)O[C@H](COCc3ccccc3)[C@@H](OCc3ccccc3)[C@H](OCc3ccccc3)[C@H]2OCc2ccccc2)cc1. The van der Waals surface area contributed by atoms with Crippen molar-refractivity contribution in [1.82, 2.24) is 0 Å². The van der Waals surface area contributed by atoms with Crippen LogP contribution < -0.4 is 10.1 Å². The average molecular weight is 676 g/mol. The molecule has 5 atom stereocenters. The fourth-order valence-corrected chi connectivity index (χ4v) is 6.02. The van der Waals surface area contributed by atoms with Gasteiger partial charge in [-0.15, -0.1) is 0 Å². The summed E-state index contributed by atoms with van der Waals surface area (Å²) in [6, 6.07) is 47.2. The number of rotatable bonds is 17. The summed E-state index contributed by atoms with van der Waals surface area (Å²) in [6.45, 7) is 1.34. The summed E-state index contributed by atoms with van der Waals surface area (Å²) in [5, 5.41) is 16.0. The van der Waals surface area contributed by atoms with Gasteiger partial charge in [-0.1, -0.05) is 121 Å². The van der Waals surface area contributed by atoms with Crippen LogP contribution in [0.4, 0.5) is 5.69 Å². The van der Waals surface area contributed by atoms with E-state index in [1.54, 1.807) is 7.11 Å². The van der Waals surface area contributed by atoms with Gasteiger partial charge in [-0.2, -0.15) is 0 Å². The van der Waals surface area contributed by atoms with Crippen molar-refractivity contribution < 1.29 is 33.5 Å². The van der Waals surface area contributed by atoms with E-state index in [0.717, 1.165) is 33.7 Å². The Morgan fingerprint density at radius 1 is 0.580 bits per heavy atom. The second-order valence-corrected chi connectivity index (χ2v) is 12.3. The molecule has 1 aliphatic heterocycles. The van der Waals surface area contributed by atoms with E-state index in [4.69, 9.17) is 28.4 Å². The molecule has 50 heavy (non-hydrogen) atoms. The van der Waals surface area contributed by atoms with Crippen LogP contribution in [0.25, 0.3) is 0 Å². The fraction of sp³-hybridized carbons (Fsp3) is 0.286. The Kier molecular flexibility index (Phi) is 12.6. The number of hydrogen-bond acceptors (Lipinski definition) is 8. The van der Waals surface area contributed by atoms with E-state index >= 15 is 0 Å². The predicted octanol–water partition coefficient (Wildman–Crippen LogP) is 7.17. The fourth-order valence-electron chi connectivity index (χ4n) is 6.02. The van der Waals surface area contributed by atoms with Gasteiger partial charge in [0.05, 0.1) is 46.7 Å². The van der Waals surface area contributed by atoms with Gasteiger partial charge in [-0.05, 0) is 46.5 Å². The summed E-state index contributed by atoms with van der Waals surface area (Å²) in [5.41, 5.74) is 4.75. The zero-order valence-electron chi connectivity index (χ0n) is 28.3. The Hall–Kier alpha value is -4.54. The molecule has 0 radical (unpaired) electrons. The van der Waals surface area contributed by atoms with Gasteiger partial charge >= 0.3 is 0 Å². The van der Waals surface area contributed by atoms with Crippen molar-refractivity contribution in [1.29, 1.82) is 0 Å². The molecular weight excluding hydrogens is 630 g/mol. The van der Waals surface area contributed by atoms with Gasteiger partial charge < -0.3 is 38.8 Å². The lowest BCUT2D eigenvalue weighted by Crippen LogP contribution is -2.69. The molecule has 0 aromatic heterocycles. The number of aliphatic hydroxyl groups is 1. The van der Waals surface area contributed by atoms with Crippen LogP contribution in [0.5, 0.6) is 5.75 Å². The van der Waals surface area contributed by atoms with Gasteiger partial charge in [0.1, 0.15) is 30.2 Å². The number of hydrogen-bond donors (Lipinski definition) is 2. The minimum absolute atomic E-state index is 0.00454. The molecule has 0 saturated carbocycles. The van der Waals surface area contributed by atoms with Crippen molar-refractivity contribution in [3.05, 3.63) is 168 Å². The van der Waals surface area contributed by atoms with E-state index in [2.05, 4.69) is 5.32 Å². The maximum atomic E-state index is 12.6. The number of ether oxygens (including phenoxy) is 6. The number of anilines is 1. The van der Waals surface area contributed by atoms with E-state index in [9.17, 15) is 5.11 Å². The summed E-state index contributed by atoms with van der Waals surface area (Å²) in [7, 11) is 1.63. The van der Waals surface area contributed by atoms with Gasteiger partial charge in [0.2, 0.25) is 5.79 Å². The van der Waals surface area contributed by atoms with Gasteiger partial charge in [0.15, 0.2) is 0 Å². The monoisotopic (exact) mass is 675 g/mol. The summed E-state index contributed by atoms with van der Waals surface area (Å²) in [6.07, 6.45) is -3.06. The second kappa shape index (κ2) is 17.9. The van der Waals surface area contributed by atoms with Crippen molar-refractivity contribution >= 4 is 5.69 Å². The molecule has 1 saturated heterocycles. The van der Waals surface area contributed by atoms with Gasteiger partial charge in [0, 0.05) is 5.69 Å². The van der Waals surface area contributed by atoms with E-state index in [1.165, 1.54) is 0 Å². The molecule has 8 nitrogen and oxygen atoms in total. The maximum Gasteiger partial charge on any atom is 0.213 e. The molecule has 1 fully saturated rings. The van der Waals surface area contributed by atoms with Crippen LogP contribution in [-0.2, 0) is 50.1 Å². The number of benzene rings is 5. The largest absolute Gasteiger partial charge is 0.497 e. The first-order valence-electron chi connectivity index (χ1n) is 17.0. The van der Waals surface area contributed by atoms with Crippen LogP contribution >= 0.6 is 0 Å². The van der Waals surface area contributed by atoms with E-state index in [1.807, 2.05) is 146 Å². The molecule has 8 heteroatoms. The zero-order valence-corrected chi connectivity index (χ0v) is 28.3. The Bertz CT molecular complexity index is 1680. The van der Waals surface area contributed by atoms with Crippen molar-refractivity contribution in [2.24, 2.45) is 0 Å². The molecule has 260 valence electrons. The van der Waals surface area contributed by atoms with Crippen LogP contribution in [0.2, 0.25) is 0 Å². The summed E-state index contributed by atoms with van der Waals surface area (Å²) in [4.78, 5) is 0. The molecule has 0 amide bonds. The summed E-state index contributed by atoms with van der Waals surface area (Å²) in [5.74, 6) is -1.11. The van der Waals surface area contributed by atoms with Crippen LogP contribution in [0.3, 0.4) is 0 Å². The highest BCUT2D eigenvalue weighted by Gasteiger charge is 2.56. The smallest absolute Gasteiger partial charge is 0.213 e. The average Bonchev–Trinajstić information content (AvgIpc) is 3.17. The molecule has 0 aliphatic carbocycles. The molecule has 0 unspecified atom stereocenters. The lowest BCUT2D eigenvalue weighted by molar-refractivity contribution is -0.365. The van der Waals surface area contributed by atoms with Crippen LogP contribution in [-0.4, -0.2) is 55.6 Å². The number of nitrogens with one attached hydrogen (secondary N) is 1. The zero-order chi connectivity index (χ0) is 34.4. The first kappa shape index (κ1) is 35.3. The quantitative estimate of drug-likeness (QED) is 0.107. The maximum absolute atomic E-state index is 12.6. The highest BCUT2D eigenvalue weighted by molar-refractivity contribution is 5.46. The third kappa shape index (κ3) is 9.79. The second-order valence-electron chi connectivity index (χ2n) is 12.3. The summed E-state index contributed by atoms with van der Waals surface area (Å²) >= 11 is 0. The van der Waals surface area contributed by atoms with Crippen molar-refractivity contribution in [2.45, 2.75) is 56.6 Å². The van der Waals surface area contributed by atoms with Crippen molar-refractivity contribution in [3.8, 4) is 5.75 Å². The Morgan fingerprint density at radius 3 is 1.54 bits per heavy atom. The number of methoxy groups -OCH3 is 1. The van der Waals surface area contributed by atoms with E-state index in [0.29, 0.717) is 13.2 Å². The molecular formula is C42H45NO7. The minimum Gasteiger partial charge on any atom is -0.497 e.